The first-order chi connectivity index (χ1) is 11.2. The Labute approximate surface area is 136 Å². The molecular weight excluding hydrogens is 321 g/mol. The zero-order valence-electron chi connectivity index (χ0n) is 13.2. The summed E-state index contributed by atoms with van der Waals surface area (Å²) in [6, 6.07) is 1.78. The standard InChI is InChI=1S/C16H17F3N4O/c1-9(2)14-21-22-15-13(20)7-11(8-23(14)15)10-3-5-12(6-4-10)24-16(17,18)19/h3,5-10H,4,20H2,1-2H3. The van der Waals surface area contributed by atoms with Crippen molar-refractivity contribution >= 4 is 11.3 Å². The Bertz CT molecular complexity index is 821. The fourth-order valence-electron chi connectivity index (χ4n) is 2.71. The zero-order valence-corrected chi connectivity index (χ0v) is 13.2. The summed E-state index contributed by atoms with van der Waals surface area (Å²) in [6.45, 7) is 4.01. The van der Waals surface area contributed by atoms with Crippen LogP contribution in [0.3, 0.4) is 0 Å². The number of hydrogen-bond acceptors (Lipinski definition) is 4. The summed E-state index contributed by atoms with van der Waals surface area (Å²) in [6.07, 6.45) is 2.04. The van der Waals surface area contributed by atoms with E-state index in [1.54, 1.807) is 12.1 Å². The van der Waals surface area contributed by atoms with Crippen LogP contribution in [0.5, 0.6) is 0 Å². The van der Waals surface area contributed by atoms with Gasteiger partial charge >= 0.3 is 6.36 Å². The number of alkyl halides is 3. The second kappa shape index (κ2) is 5.85. The molecule has 0 bridgehead atoms. The fraction of sp³-hybridized carbons (Fsp3) is 0.375. The largest absolute Gasteiger partial charge is 0.573 e. The van der Waals surface area contributed by atoms with Crippen molar-refractivity contribution in [2.24, 2.45) is 0 Å². The fourth-order valence-corrected chi connectivity index (χ4v) is 2.71. The normalized spacial score (nSPS) is 18.2. The van der Waals surface area contributed by atoms with Crippen LogP contribution in [0, 0.1) is 0 Å². The minimum absolute atomic E-state index is 0.0836. The number of hydrogen-bond donors (Lipinski definition) is 1. The molecule has 2 aromatic rings. The Hall–Kier alpha value is -2.51. The molecule has 128 valence electrons. The summed E-state index contributed by atoms with van der Waals surface area (Å²) in [5, 5.41) is 8.24. The van der Waals surface area contributed by atoms with E-state index in [1.165, 1.54) is 12.2 Å². The quantitative estimate of drug-likeness (QED) is 0.922. The predicted molar refractivity (Wildman–Crippen MR) is 83.2 cm³/mol. The SMILES string of the molecule is CC(C)c1nnc2c(N)cc(C3C=CC(OC(F)(F)F)=CC3)cn12. The highest BCUT2D eigenvalue weighted by Crippen LogP contribution is 2.32. The predicted octanol–water partition coefficient (Wildman–Crippen LogP) is 3.90. The van der Waals surface area contributed by atoms with Gasteiger partial charge in [-0.1, -0.05) is 19.9 Å². The molecule has 0 fully saturated rings. The molecule has 0 radical (unpaired) electrons. The Kier molecular flexibility index (Phi) is 3.98. The van der Waals surface area contributed by atoms with Crippen molar-refractivity contribution in [1.82, 2.24) is 14.6 Å². The van der Waals surface area contributed by atoms with Gasteiger partial charge in [0.25, 0.3) is 0 Å². The molecule has 3 rings (SSSR count). The van der Waals surface area contributed by atoms with E-state index in [0.717, 1.165) is 11.4 Å². The van der Waals surface area contributed by atoms with Crippen LogP contribution in [0.25, 0.3) is 5.65 Å². The number of nitrogens with zero attached hydrogens (tertiary/aromatic N) is 3. The van der Waals surface area contributed by atoms with Gasteiger partial charge in [0, 0.05) is 18.0 Å². The van der Waals surface area contributed by atoms with Crippen molar-refractivity contribution in [3.8, 4) is 0 Å². The highest BCUT2D eigenvalue weighted by atomic mass is 19.4. The van der Waals surface area contributed by atoms with Crippen LogP contribution >= 0.6 is 0 Å². The number of pyridine rings is 1. The second-order valence-electron chi connectivity index (χ2n) is 5.99. The van der Waals surface area contributed by atoms with Gasteiger partial charge in [0.2, 0.25) is 0 Å². The van der Waals surface area contributed by atoms with E-state index < -0.39 is 6.36 Å². The van der Waals surface area contributed by atoms with Crippen LogP contribution in [0.2, 0.25) is 0 Å². The Morgan fingerprint density at radius 1 is 1.33 bits per heavy atom. The van der Waals surface area contributed by atoms with Crippen LogP contribution < -0.4 is 5.73 Å². The van der Waals surface area contributed by atoms with E-state index in [9.17, 15) is 13.2 Å². The lowest BCUT2D eigenvalue weighted by atomic mass is 9.93. The molecule has 0 spiro atoms. The Balaban J connectivity index is 1.89. The van der Waals surface area contributed by atoms with Crippen molar-refractivity contribution < 1.29 is 17.9 Å². The van der Waals surface area contributed by atoms with Gasteiger partial charge in [-0.05, 0) is 30.2 Å². The van der Waals surface area contributed by atoms with Gasteiger partial charge in [0.15, 0.2) is 5.65 Å². The van der Waals surface area contributed by atoms with E-state index >= 15 is 0 Å². The van der Waals surface area contributed by atoms with E-state index in [-0.39, 0.29) is 17.6 Å². The van der Waals surface area contributed by atoms with Crippen LogP contribution in [0.15, 0.2) is 36.3 Å². The van der Waals surface area contributed by atoms with Gasteiger partial charge in [-0.15, -0.1) is 23.4 Å². The molecule has 1 aliphatic rings. The number of fused-ring (bicyclic) bond motifs is 1. The Morgan fingerprint density at radius 3 is 2.67 bits per heavy atom. The number of aromatic nitrogens is 3. The van der Waals surface area contributed by atoms with Crippen molar-refractivity contribution in [3.63, 3.8) is 0 Å². The second-order valence-corrected chi connectivity index (χ2v) is 5.99. The molecule has 0 aliphatic heterocycles. The number of anilines is 1. The summed E-state index contributed by atoms with van der Waals surface area (Å²) >= 11 is 0. The minimum Gasteiger partial charge on any atom is -0.406 e. The summed E-state index contributed by atoms with van der Waals surface area (Å²) in [5.41, 5.74) is 8.01. The van der Waals surface area contributed by atoms with Crippen molar-refractivity contribution in [2.75, 3.05) is 5.73 Å². The molecule has 0 aromatic carbocycles. The third-order valence-electron chi connectivity index (χ3n) is 3.82. The molecule has 5 nitrogen and oxygen atoms in total. The lowest BCUT2D eigenvalue weighted by Crippen LogP contribution is -2.13. The van der Waals surface area contributed by atoms with Gasteiger partial charge in [-0.3, -0.25) is 4.40 Å². The maximum absolute atomic E-state index is 12.2. The molecule has 1 unspecified atom stereocenters. The number of halogens is 3. The topological polar surface area (TPSA) is 65.4 Å². The van der Waals surface area contributed by atoms with E-state index in [4.69, 9.17) is 5.73 Å². The maximum atomic E-state index is 12.2. The number of ether oxygens (including phenoxy) is 1. The van der Waals surface area contributed by atoms with Crippen LogP contribution in [0.4, 0.5) is 18.9 Å². The first kappa shape index (κ1) is 16.4. The first-order valence-corrected chi connectivity index (χ1v) is 7.53. The lowest BCUT2D eigenvalue weighted by molar-refractivity contribution is -0.303. The van der Waals surface area contributed by atoms with Crippen LogP contribution in [0.1, 0.15) is 43.5 Å². The molecule has 2 N–H and O–H groups in total. The molecule has 2 aromatic heterocycles. The number of allylic oxidation sites excluding steroid dienone is 3. The molecule has 2 heterocycles. The molecule has 8 heteroatoms. The summed E-state index contributed by atoms with van der Waals surface area (Å²) in [5.74, 6) is 0.679. The smallest absolute Gasteiger partial charge is 0.406 e. The average Bonchev–Trinajstić information content (AvgIpc) is 2.91. The third kappa shape index (κ3) is 3.22. The lowest BCUT2D eigenvalue weighted by Gasteiger charge is -2.18. The molecule has 0 saturated carbocycles. The monoisotopic (exact) mass is 338 g/mol. The minimum atomic E-state index is -4.68. The van der Waals surface area contributed by atoms with Crippen molar-refractivity contribution in [2.45, 2.75) is 38.5 Å². The van der Waals surface area contributed by atoms with E-state index in [0.29, 0.717) is 17.8 Å². The average molecular weight is 338 g/mol. The summed E-state index contributed by atoms with van der Waals surface area (Å²) < 4.78 is 42.5. The molecular formula is C16H17F3N4O. The Morgan fingerprint density at radius 2 is 2.08 bits per heavy atom. The number of rotatable bonds is 3. The van der Waals surface area contributed by atoms with Gasteiger partial charge in [-0.2, -0.15) is 0 Å². The molecule has 0 saturated heterocycles. The first-order valence-electron chi connectivity index (χ1n) is 7.53. The molecule has 1 aliphatic carbocycles. The van der Waals surface area contributed by atoms with Gasteiger partial charge in [-0.25, -0.2) is 0 Å². The maximum Gasteiger partial charge on any atom is 0.573 e. The van der Waals surface area contributed by atoms with Crippen molar-refractivity contribution in [1.29, 1.82) is 0 Å². The highest BCUT2D eigenvalue weighted by Gasteiger charge is 2.32. The third-order valence-corrected chi connectivity index (χ3v) is 3.82. The molecule has 1 atom stereocenters. The van der Waals surface area contributed by atoms with Crippen LogP contribution in [-0.4, -0.2) is 21.0 Å². The van der Waals surface area contributed by atoms with Gasteiger partial charge in [0.1, 0.15) is 11.6 Å². The summed E-state index contributed by atoms with van der Waals surface area (Å²) in [4.78, 5) is 0. The van der Waals surface area contributed by atoms with E-state index in [1.807, 2.05) is 24.4 Å². The zero-order chi connectivity index (χ0) is 17.5. The van der Waals surface area contributed by atoms with E-state index in [2.05, 4.69) is 14.9 Å². The van der Waals surface area contributed by atoms with Gasteiger partial charge < -0.3 is 10.5 Å². The highest BCUT2D eigenvalue weighted by molar-refractivity contribution is 5.65. The molecule has 24 heavy (non-hydrogen) atoms. The van der Waals surface area contributed by atoms with Gasteiger partial charge in [0.05, 0.1) is 5.69 Å². The number of nitrogens with two attached hydrogens (primary N) is 1. The molecule has 0 amide bonds. The number of nitrogen functional groups attached to an aromatic ring is 1. The van der Waals surface area contributed by atoms with Crippen molar-refractivity contribution in [3.05, 3.63) is 47.6 Å². The van der Waals surface area contributed by atoms with Crippen LogP contribution in [-0.2, 0) is 4.74 Å². The summed E-state index contributed by atoms with van der Waals surface area (Å²) in [7, 11) is 0.